The number of carbonyl (C=O) groups excluding carboxylic acids is 1. The summed E-state index contributed by atoms with van der Waals surface area (Å²) in [7, 11) is 0. The Morgan fingerprint density at radius 3 is 2.68 bits per heavy atom. The SMILES string of the molecule is Cc1cccc(/C=N\NC(=O)c2ccc(C)c([N+](=O)[O-])c2)c1. The smallest absolute Gasteiger partial charge is 0.267 e. The summed E-state index contributed by atoms with van der Waals surface area (Å²) in [5, 5.41) is 14.7. The highest BCUT2D eigenvalue weighted by Gasteiger charge is 2.14. The van der Waals surface area contributed by atoms with Crippen LogP contribution in [0.1, 0.15) is 27.0 Å². The molecule has 0 heterocycles. The predicted molar refractivity (Wildman–Crippen MR) is 84.1 cm³/mol. The second-order valence-electron chi connectivity index (χ2n) is 4.87. The number of hydrogen-bond donors (Lipinski definition) is 1. The van der Waals surface area contributed by atoms with Crippen LogP contribution in [0.3, 0.4) is 0 Å². The van der Waals surface area contributed by atoms with Crippen LogP contribution in [0.5, 0.6) is 0 Å². The molecule has 0 saturated heterocycles. The van der Waals surface area contributed by atoms with Gasteiger partial charge >= 0.3 is 0 Å². The van der Waals surface area contributed by atoms with Crippen LogP contribution in [0.15, 0.2) is 47.6 Å². The van der Waals surface area contributed by atoms with E-state index in [4.69, 9.17) is 0 Å². The van der Waals surface area contributed by atoms with E-state index < -0.39 is 10.8 Å². The van der Waals surface area contributed by atoms with Crippen LogP contribution in [0.2, 0.25) is 0 Å². The second kappa shape index (κ2) is 6.62. The molecule has 22 heavy (non-hydrogen) atoms. The molecule has 2 aromatic carbocycles. The van der Waals surface area contributed by atoms with Gasteiger partial charge in [0.1, 0.15) is 0 Å². The summed E-state index contributed by atoms with van der Waals surface area (Å²) in [5.74, 6) is -0.494. The number of aryl methyl sites for hydroxylation is 2. The van der Waals surface area contributed by atoms with Crippen LogP contribution in [0, 0.1) is 24.0 Å². The molecule has 6 heteroatoms. The van der Waals surface area contributed by atoms with E-state index in [0.717, 1.165) is 11.1 Å². The van der Waals surface area contributed by atoms with Gasteiger partial charge in [0.25, 0.3) is 11.6 Å². The lowest BCUT2D eigenvalue weighted by molar-refractivity contribution is -0.385. The molecule has 0 radical (unpaired) electrons. The fourth-order valence-electron chi connectivity index (χ4n) is 1.93. The first-order chi connectivity index (χ1) is 10.5. The minimum atomic E-state index is -0.512. The summed E-state index contributed by atoms with van der Waals surface area (Å²) in [6, 6.07) is 11.9. The molecule has 2 aromatic rings. The first kappa shape index (κ1) is 15.4. The molecule has 0 aromatic heterocycles. The molecular formula is C16H15N3O3. The van der Waals surface area contributed by atoms with Crippen molar-refractivity contribution in [2.75, 3.05) is 0 Å². The number of amides is 1. The van der Waals surface area contributed by atoms with Crippen molar-refractivity contribution in [3.8, 4) is 0 Å². The molecule has 1 amide bonds. The third-order valence-electron chi connectivity index (χ3n) is 3.09. The van der Waals surface area contributed by atoms with Crippen LogP contribution in [-0.4, -0.2) is 17.0 Å². The molecule has 0 atom stereocenters. The number of hydrazone groups is 1. The fraction of sp³-hybridized carbons (Fsp3) is 0.125. The summed E-state index contributed by atoms with van der Waals surface area (Å²) in [6.45, 7) is 3.58. The predicted octanol–water partition coefficient (Wildman–Crippen LogP) is 2.98. The lowest BCUT2D eigenvalue weighted by Crippen LogP contribution is -2.17. The van der Waals surface area contributed by atoms with E-state index in [1.54, 1.807) is 6.92 Å². The third kappa shape index (κ3) is 3.76. The van der Waals surface area contributed by atoms with Gasteiger partial charge in [-0.1, -0.05) is 35.9 Å². The monoisotopic (exact) mass is 297 g/mol. The highest BCUT2D eigenvalue weighted by molar-refractivity contribution is 5.95. The molecule has 6 nitrogen and oxygen atoms in total. The van der Waals surface area contributed by atoms with Crippen LogP contribution in [0.25, 0.3) is 0 Å². The first-order valence-corrected chi connectivity index (χ1v) is 6.62. The zero-order valence-corrected chi connectivity index (χ0v) is 12.2. The topological polar surface area (TPSA) is 84.6 Å². The minimum absolute atomic E-state index is 0.0877. The van der Waals surface area contributed by atoms with Crippen molar-refractivity contribution < 1.29 is 9.72 Å². The maximum Gasteiger partial charge on any atom is 0.273 e. The molecule has 0 unspecified atom stereocenters. The molecular weight excluding hydrogens is 282 g/mol. The Hall–Kier alpha value is -3.02. The molecule has 0 spiro atoms. The van der Waals surface area contributed by atoms with Crippen molar-refractivity contribution in [1.29, 1.82) is 0 Å². The highest BCUT2D eigenvalue weighted by Crippen LogP contribution is 2.19. The van der Waals surface area contributed by atoms with E-state index in [1.165, 1.54) is 24.4 Å². The van der Waals surface area contributed by atoms with Gasteiger partial charge in [0.2, 0.25) is 0 Å². The number of nitrogens with one attached hydrogen (secondary N) is 1. The van der Waals surface area contributed by atoms with Crippen LogP contribution >= 0.6 is 0 Å². The number of hydrogen-bond acceptors (Lipinski definition) is 4. The molecule has 0 aliphatic rings. The van der Waals surface area contributed by atoms with Crippen molar-refractivity contribution in [3.05, 3.63) is 74.8 Å². The lowest BCUT2D eigenvalue weighted by atomic mass is 10.1. The fourth-order valence-corrected chi connectivity index (χ4v) is 1.93. The van der Waals surface area contributed by atoms with Crippen molar-refractivity contribution in [3.63, 3.8) is 0 Å². The average molecular weight is 297 g/mol. The van der Waals surface area contributed by atoms with E-state index in [2.05, 4.69) is 10.5 Å². The van der Waals surface area contributed by atoms with Gasteiger partial charge in [0, 0.05) is 17.2 Å². The Bertz CT molecular complexity index is 754. The number of benzene rings is 2. The minimum Gasteiger partial charge on any atom is -0.267 e. The Kier molecular flexibility index (Phi) is 4.63. The lowest BCUT2D eigenvalue weighted by Gasteiger charge is -2.02. The molecule has 0 bridgehead atoms. The zero-order chi connectivity index (χ0) is 16.1. The highest BCUT2D eigenvalue weighted by atomic mass is 16.6. The van der Waals surface area contributed by atoms with Crippen LogP contribution in [0.4, 0.5) is 5.69 Å². The summed E-state index contributed by atoms with van der Waals surface area (Å²) >= 11 is 0. The number of carbonyl (C=O) groups is 1. The van der Waals surface area contributed by atoms with Gasteiger partial charge < -0.3 is 0 Å². The van der Waals surface area contributed by atoms with Gasteiger partial charge in [-0.15, -0.1) is 0 Å². The van der Waals surface area contributed by atoms with Gasteiger partial charge in [-0.05, 0) is 25.5 Å². The van der Waals surface area contributed by atoms with Crippen molar-refractivity contribution in [2.24, 2.45) is 5.10 Å². The van der Waals surface area contributed by atoms with E-state index >= 15 is 0 Å². The second-order valence-corrected chi connectivity index (χ2v) is 4.87. The molecule has 0 saturated carbocycles. The Balaban J connectivity index is 2.09. The van der Waals surface area contributed by atoms with E-state index in [1.807, 2.05) is 31.2 Å². The van der Waals surface area contributed by atoms with Crippen molar-refractivity contribution >= 4 is 17.8 Å². The van der Waals surface area contributed by atoms with Gasteiger partial charge in [-0.3, -0.25) is 14.9 Å². The number of nitrogens with zero attached hydrogens (tertiary/aromatic N) is 2. The molecule has 0 aliphatic heterocycles. The molecule has 2 rings (SSSR count). The summed E-state index contributed by atoms with van der Waals surface area (Å²) < 4.78 is 0. The molecule has 0 fully saturated rings. The van der Waals surface area contributed by atoms with E-state index in [9.17, 15) is 14.9 Å². The van der Waals surface area contributed by atoms with Crippen LogP contribution in [-0.2, 0) is 0 Å². The molecule has 0 aliphatic carbocycles. The maximum atomic E-state index is 11.9. The summed E-state index contributed by atoms with van der Waals surface area (Å²) in [6.07, 6.45) is 1.52. The molecule has 112 valence electrons. The van der Waals surface area contributed by atoms with Gasteiger partial charge in [-0.2, -0.15) is 5.10 Å². The third-order valence-corrected chi connectivity index (χ3v) is 3.09. The summed E-state index contributed by atoms with van der Waals surface area (Å²) in [4.78, 5) is 22.3. The number of rotatable bonds is 4. The quantitative estimate of drug-likeness (QED) is 0.535. The normalized spacial score (nSPS) is 10.6. The van der Waals surface area contributed by atoms with E-state index in [0.29, 0.717) is 5.56 Å². The number of nitro groups is 1. The maximum absolute atomic E-state index is 11.9. The Labute approximate surface area is 127 Å². The zero-order valence-electron chi connectivity index (χ0n) is 12.2. The average Bonchev–Trinajstić information content (AvgIpc) is 2.47. The number of nitro benzene ring substituents is 1. The van der Waals surface area contributed by atoms with Gasteiger partial charge in [0.05, 0.1) is 11.1 Å². The standard InChI is InChI=1S/C16H15N3O3/c1-11-4-3-5-13(8-11)10-17-18-16(20)14-7-6-12(2)15(9-14)19(21)22/h3-10H,1-2H3,(H,18,20)/b17-10-. The summed E-state index contributed by atoms with van der Waals surface area (Å²) in [5.41, 5.74) is 4.91. The van der Waals surface area contributed by atoms with E-state index in [-0.39, 0.29) is 11.3 Å². The van der Waals surface area contributed by atoms with Gasteiger partial charge in [0.15, 0.2) is 0 Å². The van der Waals surface area contributed by atoms with Gasteiger partial charge in [-0.25, -0.2) is 5.43 Å². The first-order valence-electron chi connectivity index (χ1n) is 6.62. The Morgan fingerprint density at radius 1 is 1.23 bits per heavy atom. The van der Waals surface area contributed by atoms with Crippen LogP contribution < -0.4 is 5.43 Å². The molecule has 1 N–H and O–H groups in total. The Morgan fingerprint density at radius 2 is 2.00 bits per heavy atom. The van der Waals surface area contributed by atoms with Crippen molar-refractivity contribution in [2.45, 2.75) is 13.8 Å². The largest absolute Gasteiger partial charge is 0.273 e. The van der Waals surface area contributed by atoms with Crippen molar-refractivity contribution in [1.82, 2.24) is 5.43 Å².